The Morgan fingerprint density at radius 1 is 1.23 bits per heavy atom. The Morgan fingerprint density at radius 3 is 1.77 bits per heavy atom. The molecule has 0 atom stereocenters. The van der Waals surface area contributed by atoms with Gasteiger partial charge in [0.2, 0.25) is 0 Å². The van der Waals surface area contributed by atoms with Crippen molar-refractivity contribution >= 4 is 20.5 Å². The molecule has 0 radical (unpaired) electrons. The first-order valence-electron chi connectivity index (χ1n) is 3.96. The molecule has 0 unspecified atom stereocenters. The summed E-state index contributed by atoms with van der Waals surface area (Å²) in [4.78, 5) is 21.3. The lowest BCUT2D eigenvalue weighted by molar-refractivity contribution is -0.139. The van der Waals surface area contributed by atoms with Gasteiger partial charge in [-0.25, -0.2) is 0 Å². The van der Waals surface area contributed by atoms with E-state index in [9.17, 15) is 9.59 Å². The third-order valence-electron chi connectivity index (χ3n) is 1.44. The highest BCUT2D eigenvalue weighted by molar-refractivity contribution is 6.70. The molecule has 0 spiro atoms. The maximum absolute atomic E-state index is 10.7. The van der Waals surface area contributed by atoms with E-state index >= 15 is 0 Å². The van der Waals surface area contributed by atoms with Gasteiger partial charge in [0.25, 0.3) is 11.9 Å². The molecule has 0 aromatic carbocycles. The predicted molar refractivity (Wildman–Crippen MR) is 46.9 cm³/mol. The van der Waals surface area contributed by atoms with Crippen LogP contribution in [0.3, 0.4) is 0 Å². The zero-order valence-corrected chi connectivity index (χ0v) is 8.99. The summed E-state index contributed by atoms with van der Waals surface area (Å²) in [7, 11) is -3.01. The van der Waals surface area contributed by atoms with Gasteiger partial charge in [-0.2, -0.15) is 0 Å². The largest absolute Gasteiger partial charge is 0.490 e. The molecule has 6 heteroatoms. The van der Waals surface area contributed by atoms with Gasteiger partial charge in [-0.1, -0.05) is 6.92 Å². The van der Waals surface area contributed by atoms with Crippen LogP contribution < -0.4 is 0 Å². The lowest BCUT2D eigenvalue weighted by Gasteiger charge is -2.25. The molecule has 0 amide bonds. The predicted octanol–water partition coefficient (Wildman–Crippen LogP) is 0.106. The van der Waals surface area contributed by atoms with Gasteiger partial charge in [0.05, 0.1) is 0 Å². The summed E-state index contributed by atoms with van der Waals surface area (Å²) in [6.45, 7) is 4.14. The van der Waals surface area contributed by atoms with Crippen molar-refractivity contribution in [1.29, 1.82) is 0 Å². The SMILES string of the molecule is CC[Si](CO)(OC(C)=O)OC(C)=O. The van der Waals surface area contributed by atoms with Gasteiger partial charge in [0, 0.05) is 19.9 Å². The van der Waals surface area contributed by atoms with Crippen molar-refractivity contribution in [3.8, 4) is 0 Å². The third-order valence-corrected chi connectivity index (χ3v) is 4.32. The lowest BCUT2D eigenvalue weighted by atomic mass is 10.9. The van der Waals surface area contributed by atoms with Gasteiger partial charge >= 0.3 is 8.56 Å². The van der Waals surface area contributed by atoms with Crippen LogP contribution in [0.2, 0.25) is 6.04 Å². The molecule has 0 heterocycles. The van der Waals surface area contributed by atoms with E-state index in [4.69, 9.17) is 14.0 Å². The molecule has 76 valence electrons. The van der Waals surface area contributed by atoms with Crippen molar-refractivity contribution in [3.05, 3.63) is 0 Å². The maximum atomic E-state index is 10.7. The minimum atomic E-state index is -3.01. The highest BCUT2D eigenvalue weighted by Crippen LogP contribution is 2.12. The van der Waals surface area contributed by atoms with Gasteiger partial charge < -0.3 is 14.0 Å². The molecule has 1 N–H and O–H groups in total. The first-order valence-corrected chi connectivity index (χ1v) is 6.19. The average Bonchev–Trinajstić information content (AvgIpc) is 2.01. The Bertz CT molecular complexity index is 181. The van der Waals surface area contributed by atoms with E-state index in [-0.39, 0.29) is 0 Å². The van der Waals surface area contributed by atoms with Crippen molar-refractivity contribution in [2.45, 2.75) is 26.8 Å². The molecular formula is C7H14O5Si. The fraction of sp³-hybridized carbons (Fsp3) is 0.714. The number of rotatable bonds is 4. The molecular weight excluding hydrogens is 192 g/mol. The second kappa shape index (κ2) is 4.98. The normalized spacial score (nSPS) is 10.8. The second-order valence-electron chi connectivity index (χ2n) is 2.61. The number of hydrogen-bond donors (Lipinski definition) is 1. The monoisotopic (exact) mass is 206 g/mol. The van der Waals surface area contributed by atoms with Crippen LogP contribution in [0.1, 0.15) is 20.8 Å². The second-order valence-corrected chi connectivity index (χ2v) is 5.86. The van der Waals surface area contributed by atoms with E-state index in [1.54, 1.807) is 6.92 Å². The van der Waals surface area contributed by atoms with Gasteiger partial charge in [-0.3, -0.25) is 9.59 Å². The Morgan fingerprint density at radius 2 is 1.62 bits per heavy atom. The third kappa shape index (κ3) is 4.04. The summed E-state index contributed by atoms with van der Waals surface area (Å²) in [6, 6.07) is 0.350. The molecule has 0 saturated heterocycles. The molecule has 0 aliphatic rings. The van der Waals surface area contributed by atoms with Crippen LogP contribution in [0.5, 0.6) is 0 Å². The van der Waals surface area contributed by atoms with Crippen molar-refractivity contribution < 1.29 is 23.5 Å². The van der Waals surface area contributed by atoms with Crippen molar-refractivity contribution in [2.24, 2.45) is 0 Å². The topological polar surface area (TPSA) is 72.8 Å². The maximum Gasteiger partial charge on any atom is 0.490 e. The number of carbonyl (C=O) groups is 2. The summed E-state index contributed by atoms with van der Waals surface area (Å²) in [5.74, 6) is -1.08. The first kappa shape index (κ1) is 12.1. The molecule has 0 aliphatic carbocycles. The molecule has 0 aromatic heterocycles. The van der Waals surface area contributed by atoms with E-state index in [1.807, 2.05) is 0 Å². The lowest BCUT2D eigenvalue weighted by Crippen LogP contribution is -2.48. The average molecular weight is 206 g/mol. The summed E-state index contributed by atoms with van der Waals surface area (Å²) >= 11 is 0. The molecule has 0 fully saturated rings. The van der Waals surface area contributed by atoms with Crippen LogP contribution in [0, 0.1) is 0 Å². The zero-order chi connectivity index (χ0) is 10.5. The molecule has 0 rings (SSSR count). The fourth-order valence-corrected chi connectivity index (χ4v) is 2.60. The molecule has 0 saturated carbocycles. The van der Waals surface area contributed by atoms with E-state index in [0.717, 1.165) is 0 Å². The highest BCUT2D eigenvalue weighted by atomic mass is 28.4. The Labute approximate surface area is 77.9 Å². The number of aliphatic hydroxyl groups is 1. The van der Waals surface area contributed by atoms with Gasteiger partial charge in [0.1, 0.15) is 6.23 Å². The Balaban J connectivity index is 4.48. The minimum Gasteiger partial charge on any atom is -0.484 e. The standard InChI is InChI=1S/C7H14O5Si/c1-4-13(5-8,11-6(2)9)12-7(3)10/h8H,4-5H2,1-3H3. The van der Waals surface area contributed by atoms with E-state index in [2.05, 4.69) is 0 Å². The van der Waals surface area contributed by atoms with Crippen LogP contribution in [0.4, 0.5) is 0 Å². The zero-order valence-electron chi connectivity index (χ0n) is 7.99. The molecule has 0 bridgehead atoms. The number of carbonyl (C=O) groups excluding carboxylic acids is 2. The summed E-state index contributed by atoms with van der Waals surface area (Å²) in [6.07, 6.45) is -0.400. The van der Waals surface area contributed by atoms with E-state index < -0.39 is 26.7 Å². The van der Waals surface area contributed by atoms with Crippen LogP contribution in [0.25, 0.3) is 0 Å². The quantitative estimate of drug-likeness (QED) is 0.661. The molecule has 0 aliphatic heterocycles. The smallest absolute Gasteiger partial charge is 0.484 e. The van der Waals surface area contributed by atoms with Crippen molar-refractivity contribution in [2.75, 3.05) is 6.23 Å². The van der Waals surface area contributed by atoms with Gasteiger partial charge in [-0.15, -0.1) is 0 Å². The van der Waals surface area contributed by atoms with Crippen LogP contribution in [0.15, 0.2) is 0 Å². The molecule has 0 aromatic rings. The first-order chi connectivity index (χ1) is 5.95. The molecule has 13 heavy (non-hydrogen) atoms. The molecule has 5 nitrogen and oxygen atoms in total. The van der Waals surface area contributed by atoms with E-state index in [0.29, 0.717) is 6.04 Å². The van der Waals surface area contributed by atoms with Crippen molar-refractivity contribution in [1.82, 2.24) is 0 Å². The van der Waals surface area contributed by atoms with Crippen LogP contribution in [-0.4, -0.2) is 31.8 Å². The Kier molecular flexibility index (Phi) is 4.64. The Hall–Kier alpha value is -0.883. The summed E-state index contributed by atoms with van der Waals surface area (Å²) in [5, 5.41) is 8.98. The summed E-state index contributed by atoms with van der Waals surface area (Å²) < 4.78 is 9.71. The summed E-state index contributed by atoms with van der Waals surface area (Å²) in [5.41, 5.74) is 0. The van der Waals surface area contributed by atoms with Gasteiger partial charge in [0.15, 0.2) is 0 Å². The highest BCUT2D eigenvalue weighted by Gasteiger charge is 2.41. The van der Waals surface area contributed by atoms with E-state index in [1.165, 1.54) is 13.8 Å². The number of hydrogen-bond acceptors (Lipinski definition) is 5. The fourth-order valence-electron chi connectivity index (χ4n) is 0.865. The van der Waals surface area contributed by atoms with Crippen LogP contribution in [-0.2, 0) is 18.4 Å². The number of aliphatic hydroxyl groups excluding tert-OH is 1. The minimum absolute atomic E-state index is 0.350. The van der Waals surface area contributed by atoms with Gasteiger partial charge in [-0.05, 0) is 0 Å². The van der Waals surface area contributed by atoms with Crippen LogP contribution >= 0.6 is 0 Å². The van der Waals surface area contributed by atoms with Crippen molar-refractivity contribution in [3.63, 3.8) is 0 Å².